The van der Waals surface area contributed by atoms with Gasteiger partial charge in [0.05, 0.1) is 0 Å². The Bertz CT molecular complexity index is 284. The van der Waals surface area contributed by atoms with Crippen molar-refractivity contribution in [2.45, 2.75) is 19.9 Å². The summed E-state index contributed by atoms with van der Waals surface area (Å²) in [7, 11) is 2.08. The normalized spacial score (nSPS) is 11.0. The lowest BCUT2D eigenvalue weighted by molar-refractivity contribution is 0.324. The summed E-state index contributed by atoms with van der Waals surface area (Å²) in [5.74, 6) is -0.170. The monoisotopic (exact) mass is 224 g/mol. The van der Waals surface area contributed by atoms with Crippen LogP contribution < -0.4 is 5.32 Å². The molecule has 0 aliphatic carbocycles. The van der Waals surface area contributed by atoms with Crippen LogP contribution in [0.4, 0.5) is 4.39 Å². The second kappa shape index (κ2) is 7.36. The van der Waals surface area contributed by atoms with Gasteiger partial charge in [-0.2, -0.15) is 0 Å². The maximum absolute atomic E-state index is 12.7. The van der Waals surface area contributed by atoms with E-state index in [9.17, 15) is 4.39 Å². The number of hydrogen-bond donors (Lipinski definition) is 1. The van der Waals surface area contributed by atoms with Gasteiger partial charge in [0.25, 0.3) is 0 Å². The summed E-state index contributed by atoms with van der Waals surface area (Å²) in [4.78, 5) is 2.23. The van der Waals surface area contributed by atoms with Gasteiger partial charge in [0.2, 0.25) is 0 Å². The Balaban J connectivity index is 2.23. The standard InChI is InChI=1S/C13H21FN2/c1-3-8-15-9-10-16(2)11-12-4-6-13(14)7-5-12/h4-7,15H,3,8-11H2,1-2H3. The van der Waals surface area contributed by atoms with Gasteiger partial charge in [0.1, 0.15) is 5.82 Å². The van der Waals surface area contributed by atoms with E-state index in [4.69, 9.17) is 0 Å². The number of likely N-dealkylation sites (N-methyl/N-ethyl adjacent to an activating group) is 1. The van der Waals surface area contributed by atoms with E-state index in [0.29, 0.717) is 0 Å². The van der Waals surface area contributed by atoms with Gasteiger partial charge >= 0.3 is 0 Å². The third-order valence-corrected chi connectivity index (χ3v) is 2.46. The van der Waals surface area contributed by atoms with E-state index in [-0.39, 0.29) is 5.82 Å². The summed E-state index contributed by atoms with van der Waals surface area (Å²) in [5.41, 5.74) is 1.15. The van der Waals surface area contributed by atoms with E-state index in [1.165, 1.54) is 18.6 Å². The lowest BCUT2D eigenvalue weighted by atomic mass is 10.2. The van der Waals surface area contributed by atoms with Crippen molar-refractivity contribution in [2.24, 2.45) is 0 Å². The largest absolute Gasteiger partial charge is 0.315 e. The molecule has 1 aromatic carbocycles. The van der Waals surface area contributed by atoms with Gasteiger partial charge in [0.15, 0.2) is 0 Å². The molecule has 0 aliphatic rings. The SMILES string of the molecule is CCCNCCN(C)Cc1ccc(F)cc1. The molecular weight excluding hydrogens is 203 g/mol. The fourth-order valence-electron chi connectivity index (χ4n) is 1.55. The molecule has 0 aliphatic heterocycles. The Hall–Kier alpha value is -0.930. The minimum atomic E-state index is -0.170. The second-order valence-electron chi connectivity index (χ2n) is 4.11. The van der Waals surface area contributed by atoms with E-state index < -0.39 is 0 Å². The Labute approximate surface area is 97.5 Å². The summed E-state index contributed by atoms with van der Waals surface area (Å²) in [5, 5.41) is 3.36. The molecule has 0 spiro atoms. The van der Waals surface area contributed by atoms with Crippen LogP contribution in [0.5, 0.6) is 0 Å². The molecule has 1 N–H and O–H groups in total. The summed E-state index contributed by atoms with van der Waals surface area (Å²) < 4.78 is 12.7. The molecule has 90 valence electrons. The van der Waals surface area contributed by atoms with Crippen molar-refractivity contribution in [1.82, 2.24) is 10.2 Å². The minimum absolute atomic E-state index is 0.170. The average molecular weight is 224 g/mol. The first kappa shape index (κ1) is 13.1. The van der Waals surface area contributed by atoms with Crippen LogP contribution in [0.1, 0.15) is 18.9 Å². The first-order chi connectivity index (χ1) is 7.72. The minimum Gasteiger partial charge on any atom is -0.315 e. The molecule has 0 saturated heterocycles. The molecule has 2 nitrogen and oxygen atoms in total. The van der Waals surface area contributed by atoms with Crippen molar-refractivity contribution in [3.8, 4) is 0 Å². The van der Waals surface area contributed by atoms with Gasteiger partial charge in [-0.3, -0.25) is 0 Å². The predicted molar refractivity (Wildman–Crippen MR) is 65.9 cm³/mol. The van der Waals surface area contributed by atoms with E-state index in [0.717, 1.165) is 31.7 Å². The molecule has 16 heavy (non-hydrogen) atoms. The maximum Gasteiger partial charge on any atom is 0.123 e. The zero-order chi connectivity index (χ0) is 11.8. The fourth-order valence-corrected chi connectivity index (χ4v) is 1.55. The molecule has 0 aromatic heterocycles. The first-order valence-electron chi connectivity index (χ1n) is 5.86. The van der Waals surface area contributed by atoms with Gasteiger partial charge in [-0.25, -0.2) is 4.39 Å². The molecule has 0 radical (unpaired) electrons. The van der Waals surface area contributed by atoms with E-state index >= 15 is 0 Å². The van der Waals surface area contributed by atoms with Crippen LogP contribution >= 0.6 is 0 Å². The quantitative estimate of drug-likeness (QED) is 0.715. The highest BCUT2D eigenvalue weighted by Crippen LogP contribution is 2.04. The van der Waals surface area contributed by atoms with E-state index in [2.05, 4.69) is 24.2 Å². The summed E-state index contributed by atoms with van der Waals surface area (Å²) >= 11 is 0. The molecule has 0 bridgehead atoms. The van der Waals surface area contributed by atoms with Crippen molar-refractivity contribution >= 4 is 0 Å². The van der Waals surface area contributed by atoms with Crippen molar-refractivity contribution in [3.05, 3.63) is 35.6 Å². The Morgan fingerprint density at radius 2 is 1.88 bits per heavy atom. The Kier molecular flexibility index (Phi) is 6.04. The van der Waals surface area contributed by atoms with Crippen molar-refractivity contribution in [1.29, 1.82) is 0 Å². The number of benzene rings is 1. The molecule has 1 aromatic rings. The van der Waals surface area contributed by atoms with Crippen molar-refractivity contribution < 1.29 is 4.39 Å². The molecule has 0 fully saturated rings. The first-order valence-corrected chi connectivity index (χ1v) is 5.86. The highest BCUT2D eigenvalue weighted by Gasteiger charge is 1.99. The topological polar surface area (TPSA) is 15.3 Å². The average Bonchev–Trinajstić information content (AvgIpc) is 2.28. The molecular formula is C13H21FN2. The van der Waals surface area contributed by atoms with Gasteiger partial charge in [-0.1, -0.05) is 19.1 Å². The lowest BCUT2D eigenvalue weighted by Gasteiger charge is -2.16. The van der Waals surface area contributed by atoms with Crippen LogP contribution in [0.3, 0.4) is 0 Å². The summed E-state index contributed by atoms with van der Waals surface area (Å²) in [6, 6.07) is 6.70. The van der Waals surface area contributed by atoms with Crippen LogP contribution in [-0.2, 0) is 6.54 Å². The van der Waals surface area contributed by atoms with Gasteiger partial charge in [-0.15, -0.1) is 0 Å². The smallest absolute Gasteiger partial charge is 0.123 e. The summed E-state index contributed by atoms with van der Waals surface area (Å²) in [6.07, 6.45) is 1.17. The summed E-state index contributed by atoms with van der Waals surface area (Å²) in [6.45, 7) is 6.12. The molecule has 3 heteroatoms. The highest BCUT2D eigenvalue weighted by atomic mass is 19.1. The van der Waals surface area contributed by atoms with Crippen LogP contribution in [0.15, 0.2) is 24.3 Å². The zero-order valence-corrected chi connectivity index (χ0v) is 10.2. The molecule has 0 amide bonds. The van der Waals surface area contributed by atoms with E-state index in [1.54, 1.807) is 0 Å². The Morgan fingerprint density at radius 3 is 2.50 bits per heavy atom. The molecule has 0 heterocycles. The number of rotatable bonds is 7. The van der Waals surface area contributed by atoms with Crippen molar-refractivity contribution in [3.63, 3.8) is 0 Å². The molecule has 1 rings (SSSR count). The second-order valence-corrected chi connectivity index (χ2v) is 4.11. The molecule has 0 unspecified atom stereocenters. The van der Waals surface area contributed by atoms with Gasteiger partial charge in [-0.05, 0) is 37.7 Å². The van der Waals surface area contributed by atoms with E-state index in [1.807, 2.05) is 12.1 Å². The molecule has 0 atom stereocenters. The predicted octanol–water partition coefficient (Wildman–Crippen LogP) is 2.26. The zero-order valence-electron chi connectivity index (χ0n) is 10.2. The van der Waals surface area contributed by atoms with Crippen LogP contribution in [0.25, 0.3) is 0 Å². The van der Waals surface area contributed by atoms with Crippen LogP contribution in [-0.4, -0.2) is 31.6 Å². The number of hydrogen-bond acceptors (Lipinski definition) is 2. The lowest BCUT2D eigenvalue weighted by Crippen LogP contribution is -2.29. The number of halogens is 1. The van der Waals surface area contributed by atoms with Gasteiger partial charge in [0, 0.05) is 19.6 Å². The fraction of sp³-hybridized carbons (Fsp3) is 0.538. The van der Waals surface area contributed by atoms with Crippen LogP contribution in [0.2, 0.25) is 0 Å². The maximum atomic E-state index is 12.7. The van der Waals surface area contributed by atoms with Crippen LogP contribution in [0, 0.1) is 5.82 Å². The third-order valence-electron chi connectivity index (χ3n) is 2.46. The Morgan fingerprint density at radius 1 is 1.19 bits per heavy atom. The van der Waals surface area contributed by atoms with Gasteiger partial charge < -0.3 is 10.2 Å². The number of nitrogens with zero attached hydrogens (tertiary/aromatic N) is 1. The highest BCUT2D eigenvalue weighted by molar-refractivity contribution is 5.15. The number of nitrogens with one attached hydrogen (secondary N) is 1. The third kappa shape index (κ3) is 5.24. The van der Waals surface area contributed by atoms with Crippen molar-refractivity contribution in [2.75, 3.05) is 26.7 Å². The molecule has 0 saturated carbocycles.